The summed E-state index contributed by atoms with van der Waals surface area (Å²) in [6.45, 7) is 1.63. The van der Waals surface area contributed by atoms with Gasteiger partial charge in [0.2, 0.25) is 0 Å². The van der Waals surface area contributed by atoms with Crippen molar-refractivity contribution in [2.75, 3.05) is 12.4 Å². The number of hydrogen-bond acceptors (Lipinski definition) is 6. The highest BCUT2D eigenvalue weighted by molar-refractivity contribution is 7.99. The molecule has 0 spiro atoms. The van der Waals surface area contributed by atoms with E-state index in [1.807, 2.05) is 17.5 Å². The predicted molar refractivity (Wildman–Crippen MR) is 74.9 cm³/mol. The minimum absolute atomic E-state index is 0.0267. The first-order valence-corrected chi connectivity index (χ1v) is 7.39. The van der Waals surface area contributed by atoms with Gasteiger partial charge in [-0.1, -0.05) is 6.07 Å². The van der Waals surface area contributed by atoms with E-state index in [0.29, 0.717) is 22.3 Å². The SMILES string of the molecule is Cc1nc(-c2cccs2)nc(SCCO)c1C(=O)O. The van der Waals surface area contributed by atoms with Crippen molar-refractivity contribution in [2.24, 2.45) is 0 Å². The monoisotopic (exact) mass is 296 g/mol. The third kappa shape index (κ3) is 3.12. The summed E-state index contributed by atoms with van der Waals surface area (Å²) in [5.41, 5.74) is 0.546. The van der Waals surface area contributed by atoms with Crippen LogP contribution in [0.5, 0.6) is 0 Å². The number of aliphatic hydroxyl groups excluding tert-OH is 1. The van der Waals surface area contributed by atoms with E-state index in [1.165, 1.54) is 23.1 Å². The summed E-state index contributed by atoms with van der Waals surface area (Å²) in [5, 5.41) is 20.4. The van der Waals surface area contributed by atoms with Gasteiger partial charge in [0.1, 0.15) is 10.6 Å². The van der Waals surface area contributed by atoms with Crippen LogP contribution in [0.4, 0.5) is 0 Å². The zero-order valence-corrected chi connectivity index (χ0v) is 11.8. The van der Waals surface area contributed by atoms with Crippen molar-refractivity contribution < 1.29 is 15.0 Å². The summed E-state index contributed by atoms with van der Waals surface area (Å²) in [5.74, 6) is -0.116. The topological polar surface area (TPSA) is 83.3 Å². The molecular weight excluding hydrogens is 284 g/mol. The van der Waals surface area contributed by atoms with Gasteiger partial charge in [-0.2, -0.15) is 0 Å². The summed E-state index contributed by atoms with van der Waals surface area (Å²) in [6.07, 6.45) is 0. The second kappa shape index (κ2) is 6.14. The van der Waals surface area contributed by atoms with Crippen molar-refractivity contribution in [2.45, 2.75) is 11.9 Å². The quantitative estimate of drug-likeness (QED) is 0.650. The number of aromatic carboxylic acids is 1. The summed E-state index contributed by atoms with van der Waals surface area (Å²) in [7, 11) is 0. The number of carboxylic acids is 1. The lowest BCUT2D eigenvalue weighted by molar-refractivity contribution is 0.0690. The predicted octanol–water partition coefficient (Wildman–Crippen LogP) is 2.30. The third-order valence-corrected chi connectivity index (χ3v) is 4.16. The van der Waals surface area contributed by atoms with Gasteiger partial charge in [0.15, 0.2) is 5.82 Å². The average molecular weight is 296 g/mol. The first-order valence-electron chi connectivity index (χ1n) is 5.53. The maximum Gasteiger partial charge on any atom is 0.340 e. The Bertz CT molecular complexity index is 585. The van der Waals surface area contributed by atoms with Gasteiger partial charge in [0.05, 0.1) is 17.2 Å². The van der Waals surface area contributed by atoms with Gasteiger partial charge < -0.3 is 10.2 Å². The van der Waals surface area contributed by atoms with Crippen LogP contribution in [-0.2, 0) is 0 Å². The minimum Gasteiger partial charge on any atom is -0.478 e. The highest BCUT2D eigenvalue weighted by Gasteiger charge is 2.19. The van der Waals surface area contributed by atoms with Gasteiger partial charge in [-0.3, -0.25) is 0 Å². The maximum absolute atomic E-state index is 11.3. The lowest BCUT2D eigenvalue weighted by atomic mass is 10.2. The van der Waals surface area contributed by atoms with E-state index in [2.05, 4.69) is 9.97 Å². The van der Waals surface area contributed by atoms with Crippen LogP contribution < -0.4 is 0 Å². The second-order valence-corrected chi connectivity index (χ2v) is 5.70. The summed E-state index contributed by atoms with van der Waals surface area (Å²) < 4.78 is 0. The Hall–Kier alpha value is -1.44. The largest absolute Gasteiger partial charge is 0.478 e. The molecule has 19 heavy (non-hydrogen) atoms. The second-order valence-electron chi connectivity index (χ2n) is 3.67. The fraction of sp³-hybridized carbons (Fsp3) is 0.250. The molecule has 5 nitrogen and oxygen atoms in total. The first-order chi connectivity index (χ1) is 9.13. The van der Waals surface area contributed by atoms with Crippen LogP contribution in [0.1, 0.15) is 16.1 Å². The highest BCUT2D eigenvalue weighted by atomic mass is 32.2. The molecule has 0 saturated heterocycles. The van der Waals surface area contributed by atoms with Crippen LogP contribution in [0.2, 0.25) is 0 Å². The van der Waals surface area contributed by atoms with Crippen LogP contribution in [0.15, 0.2) is 22.5 Å². The lowest BCUT2D eigenvalue weighted by Crippen LogP contribution is -2.08. The number of aryl methyl sites for hydroxylation is 1. The lowest BCUT2D eigenvalue weighted by Gasteiger charge is -2.08. The number of thiophene rings is 1. The van der Waals surface area contributed by atoms with Gasteiger partial charge in [-0.25, -0.2) is 14.8 Å². The molecule has 2 aromatic rings. The van der Waals surface area contributed by atoms with Crippen molar-refractivity contribution in [1.29, 1.82) is 0 Å². The van der Waals surface area contributed by atoms with Crippen molar-refractivity contribution in [1.82, 2.24) is 9.97 Å². The van der Waals surface area contributed by atoms with Gasteiger partial charge in [0, 0.05) is 5.75 Å². The maximum atomic E-state index is 11.3. The molecule has 0 saturated carbocycles. The number of hydrogen-bond donors (Lipinski definition) is 2. The molecule has 0 atom stereocenters. The molecule has 0 fully saturated rings. The molecule has 0 aliphatic heterocycles. The molecule has 7 heteroatoms. The third-order valence-electron chi connectivity index (χ3n) is 2.34. The standard InChI is InChI=1S/C12H12N2O3S2/c1-7-9(12(16)17)11(19-6-4-15)14-10(13-7)8-3-2-5-18-8/h2-3,5,15H,4,6H2,1H3,(H,16,17). The van der Waals surface area contributed by atoms with E-state index in [9.17, 15) is 9.90 Å². The van der Waals surface area contributed by atoms with Crippen LogP contribution in [0.25, 0.3) is 10.7 Å². The smallest absolute Gasteiger partial charge is 0.340 e. The molecule has 2 N–H and O–H groups in total. The number of thioether (sulfide) groups is 1. The zero-order chi connectivity index (χ0) is 13.8. The van der Waals surface area contributed by atoms with Gasteiger partial charge in [-0.15, -0.1) is 23.1 Å². The fourth-order valence-corrected chi connectivity index (χ4v) is 3.03. The molecular formula is C12H12N2O3S2. The summed E-state index contributed by atoms with van der Waals surface area (Å²) in [6, 6.07) is 3.78. The summed E-state index contributed by atoms with van der Waals surface area (Å²) in [4.78, 5) is 20.7. The number of carboxylic acid groups (broad SMARTS) is 1. The summed E-state index contributed by atoms with van der Waals surface area (Å²) >= 11 is 2.72. The van der Waals surface area contributed by atoms with E-state index >= 15 is 0 Å². The Morgan fingerprint density at radius 2 is 2.26 bits per heavy atom. The molecule has 2 aromatic heterocycles. The van der Waals surface area contributed by atoms with Crippen LogP contribution in [0.3, 0.4) is 0 Å². The molecule has 100 valence electrons. The van der Waals surface area contributed by atoms with E-state index < -0.39 is 5.97 Å². The number of carbonyl (C=O) groups is 1. The normalized spacial score (nSPS) is 10.6. The molecule has 0 aliphatic rings. The van der Waals surface area contributed by atoms with Crippen LogP contribution in [-0.4, -0.2) is 38.5 Å². The molecule has 0 bridgehead atoms. The molecule has 0 unspecified atom stereocenters. The molecule has 0 aliphatic carbocycles. The minimum atomic E-state index is -1.05. The van der Waals surface area contributed by atoms with Gasteiger partial charge in [0.25, 0.3) is 0 Å². The molecule has 2 heterocycles. The van der Waals surface area contributed by atoms with E-state index in [0.717, 1.165) is 4.88 Å². The van der Waals surface area contributed by atoms with Crippen LogP contribution in [0, 0.1) is 6.92 Å². The Morgan fingerprint density at radius 3 is 2.84 bits per heavy atom. The van der Waals surface area contributed by atoms with Gasteiger partial charge >= 0.3 is 5.97 Å². The van der Waals surface area contributed by atoms with Crippen LogP contribution >= 0.6 is 23.1 Å². The number of nitrogens with zero attached hydrogens (tertiary/aromatic N) is 2. The fourth-order valence-electron chi connectivity index (χ4n) is 1.56. The van der Waals surface area contributed by atoms with E-state index in [1.54, 1.807) is 6.92 Å². The van der Waals surface area contributed by atoms with Crippen molar-refractivity contribution >= 4 is 29.1 Å². The van der Waals surface area contributed by atoms with E-state index in [4.69, 9.17) is 5.11 Å². The van der Waals surface area contributed by atoms with Crippen molar-refractivity contribution in [3.63, 3.8) is 0 Å². The van der Waals surface area contributed by atoms with Crippen molar-refractivity contribution in [3.05, 3.63) is 28.8 Å². The Kier molecular flexibility index (Phi) is 4.52. The number of aliphatic hydroxyl groups is 1. The van der Waals surface area contributed by atoms with E-state index in [-0.39, 0.29) is 12.2 Å². The number of aromatic nitrogens is 2. The van der Waals surface area contributed by atoms with Gasteiger partial charge in [-0.05, 0) is 18.4 Å². The molecule has 0 radical (unpaired) electrons. The molecule has 0 amide bonds. The Balaban J connectivity index is 2.50. The molecule has 2 rings (SSSR count). The highest BCUT2D eigenvalue weighted by Crippen LogP contribution is 2.28. The Labute approximate surface area is 118 Å². The zero-order valence-electron chi connectivity index (χ0n) is 10.2. The Morgan fingerprint density at radius 1 is 1.47 bits per heavy atom. The first kappa shape index (κ1) is 14.0. The molecule has 0 aromatic carbocycles. The average Bonchev–Trinajstić information content (AvgIpc) is 2.88. The number of rotatable bonds is 5. The van der Waals surface area contributed by atoms with Crippen molar-refractivity contribution in [3.8, 4) is 10.7 Å².